The lowest BCUT2D eigenvalue weighted by atomic mass is 10.1. The van der Waals surface area contributed by atoms with Crippen molar-refractivity contribution in [3.63, 3.8) is 0 Å². The zero-order chi connectivity index (χ0) is 16.4. The summed E-state index contributed by atoms with van der Waals surface area (Å²) in [5.74, 6) is 2.01. The lowest BCUT2D eigenvalue weighted by Gasteiger charge is -2.17. The molecular weight excluding hydrogens is 405 g/mol. The molecule has 0 N–H and O–H groups in total. The highest BCUT2D eigenvalue weighted by Crippen LogP contribution is 2.42. The highest BCUT2D eigenvalue weighted by molar-refractivity contribution is 14.1. The van der Waals surface area contributed by atoms with Crippen LogP contribution in [0.25, 0.3) is 10.9 Å². The van der Waals surface area contributed by atoms with Gasteiger partial charge in [-0.2, -0.15) is 0 Å². The molecule has 0 aliphatic rings. The van der Waals surface area contributed by atoms with Crippen LogP contribution in [-0.4, -0.2) is 25.9 Å². The van der Waals surface area contributed by atoms with Gasteiger partial charge in [0.15, 0.2) is 11.5 Å². The number of ether oxygens (including phenoxy) is 3. The molecule has 1 aromatic heterocycles. The number of methoxy groups -OCH3 is 3. The van der Waals surface area contributed by atoms with E-state index in [9.17, 15) is 0 Å². The van der Waals surface area contributed by atoms with Crippen molar-refractivity contribution in [3.05, 3.63) is 51.7 Å². The molecule has 0 fully saturated rings. The Hall–Kier alpha value is -1.89. The predicted molar refractivity (Wildman–Crippen MR) is 99.9 cm³/mol. The molecule has 0 unspecified atom stereocenters. The van der Waals surface area contributed by atoms with Crippen molar-refractivity contribution < 1.29 is 14.2 Å². The minimum absolute atomic E-state index is 0.625. The maximum Gasteiger partial charge on any atom is 0.204 e. The molecule has 120 valence electrons. The van der Waals surface area contributed by atoms with E-state index in [0.717, 1.165) is 15.7 Å². The van der Waals surface area contributed by atoms with Crippen LogP contribution in [0.15, 0.2) is 42.6 Å². The molecular formula is C18H18INO3. The number of fused-ring (bicyclic) bond motifs is 1. The average molecular weight is 423 g/mol. The van der Waals surface area contributed by atoms with Crippen molar-refractivity contribution in [3.8, 4) is 17.2 Å². The van der Waals surface area contributed by atoms with Gasteiger partial charge in [0.2, 0.25) is 5.75 Å². The lowest BCUT2D eigenvalue weighted by Crippen LogP contribution is -2.04. The van der Waals surface area contributed by atoms with Gasteiger partial charge in [-0.25, -0.2) is 0 Å². The Kier molecular flexibility index (Phi) is 4.66. The lowest BCUT2D eigenvalue weighted by molar-refractivity contribution is 0.322. The number of hydrogen-bond donors (Lipinski definition) is 0. The molecule has 1 heterocycles. The van der Waals surface area contributed by atoms with Crippen molar-refractivity contribution in [2.24, 2.45) is 0 Å². The Morgan fingerprint density at radius 1 is 0.957 bits per heavy atom. The van der Waals surface area contributed by atoms with Gasteiger partial charge in [-0.05, 0) is 51.7 Å². The summed E-state index contributed by atoms with van der Waals surface area (Å²) in [4.78, 5) is 0. The summed E-state index contributed by atoms with van der Waals surface area (Å²) in [5, 5.41) is 1.23. The van der Waals surface area contributed by atoms with E-state index in [0.29, 0.717) is 17.2 Å². The summed E-state index contributed by atoms with van der Waals surface area (Å²) in [6.07, 6.45) is 2.10. The van der Waals surface area contributed by atoms with Gasteiger partial charge in [0.05, 0.1) is 24.9 Å². The molecule has 0 spiro atoms. The minimum Gasteiger partial charge on any atom is -0.493 e. The van der Waals surface area contributed by atoms with E-state index in [1.165, 1.54) is 10.9 Å². The molecule has 0 saturated carbocycles. The van der Waals surface area contributed by atoms with Crippen LogP contribution < -0.4 is 14.2 Å². The number of aromatic nitrogens is 1. The van der Waals surface area contributed by atoms with Gasteiger partial charge in [0, 0.05) is 18.3 Å². The zero-order valence-electron chi connectivity index (χ0n) is 13.3. The standard InChI is InChI=1S/C18H18INO3/c1-21-15-10-13(16(19)18(23-3)17(15)22-2)11-20-9-8-12-6-4-5-7-14(12)20/h4-10H,11H2,1-3H3. The third kappa shape index (κ3) is 2.85. The topological polar surface area (TPSA) is 32.6 Å². The Morgan fingerprint density at radius 2 is 1.70 bits per heavy atom. The van der Waals surface area contributed by atoms with Crippen LogP contribution in [0.4, 0.5) is 0 Å². The maximum atomic E-state index is 5.54. The molecule has 0 saturated heterocycles. The molecule has 3 rings (SSSR count). The van der Waals surface area contributed by atoms with Crippen molar-refractivity contribution in [2.75, 3.05) is 21.3 Å². The fraction of sp³-hybridized carbons (Fsp3) is 0.222. The molecule has 0 atom stereocenters. The quantitative estimate of drug-likeness (QED) is 0.574. The van der Waals surface area contributed by atoms with E-state index >= 15 is 0 Å². The second-order valence-electron chi connectivity index (χ2n) is 5.12. The van der Waals surface area contributed by atoms with Crippen molar-refractivity contribution in [1.29, 1.82) is 0 Å². The van der Waals surface area contributed by atoms with Gasteiger partial charge in [-0.3, -0.25) is 0 Å². The first kappa shape index (κ1) is 16.0. The molecule has 23 heavy (non-hydrogen) atoms. The van der Waals surface area contributed by atoms with E-state index < -0.39 is 0 Å². The molecule has 4 nitrogen and oxygen atoms in total. The highest BCUT2D eigenvalue weighted by Gasteiger charge is 2.19. The van der Waals surface area contributed by atoms with Crippen LogP contribution in [0, 0.1) is 3.57 Å². The summed E-state index contributed by atoms with van der Waals surface area (Å²) >= 11 is 2.30. The molecule has 0 aliphatic carbocycles. The summed E-state index contributed by atoms with van der Waals surface area (Å²) < 4.78 is 19.7. The van der Waals surface area contributed by atoms with E-state index in [4.69, 9.17) is 14.2 Å². The third-order valence-corrected chi connectivity index (χ3v) is 5.05. The van der Waals surface area contributed by atoms with Gasteiger partial charge < -0.3 is 18.8 Å². The number of halogens is 1. The average Bonchev–Trinajstić information content (AvgIpc) is 2.99. The predicted octanol–water partition coefficient (Wildman–Crippen LogP) is 4.32. The van der Waals surface area contributed by atoms with Crippen molar-refractivity contribution in [1.82, 2.24) is 4.57 Å². The molecule has 3 aromatic rings. The second kappa shape index (κ2) is 6.70. The first-order chi connectivity index (χ1) is 11.2. The fourth-order valence-electron chi connectivity index (χ4n) is 2.75. The molecule has 0 aliphatic heterocycles. The van der Waals surface area contributed by atoms with Crippen molar-refractivity contribution >= 4 is 33.5 Å². The van der Waals surface area contributed by atoms with Crippen LogP contribution in [0.1, 0.15) is 5.56 Å². The maximum absolute atomic E-state index is 5.54. The fourth-order valence-corrected chi connectivity index (χ4v) is 3.54. The monoisotopic (exact) mass is 423 g/mol. The van der Waals surface area contributed by atoms with E-state index in [2.05, 4.69) is 63.7 Å². The Balaban J connectivity index is 2.09. The third-order valence-electron chi connectivity index (χ3n) is 3.87. The van der Waals surface area contributed by atoms with E-state index in [-0.39, 0.29) is 0 Å². The summed E-state index contributed by atoms with van der Waals surface area (Å²) in [5.41, 5.74) is 2.33. The van der Waals surface area contributed by atoms with Crippen LogP contribution in [0.3, 0.4) is 0 Å². The number of para-hydroxylation sites is 1. The first-order valence-corrected chi connectivity index (χ1v) is 8.28. The van der Waals surface area contributed by atoms with Gasteiger partial charge in [-0.15, -0.1) is 0 Å². The van der Waals surface area contributed by atoms with Crippen LogP contribution in [0.5, 0.6) is 17.2 Å². The summed E-state index contributed by atoms with van der Waals surface area (Å²) in [6.45, 7) is 0.739. The van der Waals surface area contributed by atoms with Gasteiger partial charge in [0.25, 0.3) is 0 Å². The normalized spacial score (nSPS) is 10.8. The number of benzene rings is 2. The number of rotatable bonds is 5. The Morgan fingerprint density at radius 3 is 2.39 bits per heavy atom. The molecule has 0 radical (unpaired) electrons. The summed E-state index contributed by atoms with van der Waals surface area (Å²) in [6, 6.07) is 12.5. The van der Waals surface area contributed by atoms with Gasteiger partial charge in [-0.1, -0.05) is 18.2 Å². The van der Waals surface area contributed by atoms with Crippen LogP contribution in [-0.2, 0) is 6.54 Å². The zero-order valence-corrected chi connectivity index (χ0v) is 15.5. The van der Waals surface area contributed by atoms with E-state index in [1.54, 1.807) is 21.3 Å². The molecule has 0 bridgehead atoms. The largest absolute Gasteiger partial charge is 0.493 e. The molecule has 5 heteroatoms. The van der Waals surface area contributed by atoms with Crippen LogP contribution >= 0.6 is 22.6 Å². The summed E-state index contributed by atoms with van der Waals surface area (Å²) in [7, 11) is 4.91. The first-order valence-electron chi connectivity index (χ1n) is 7.20. The van der Waals surface area contributed by atoms with Crippen molar-refractivity contribution in [2.45, 2.75) is 6.54 Å². The highest BCUT2D eigenvalue weighted by atomic mass is 127. The van der Waals surface area contributed by atoms with Gasteiger partial charge in [0.1, 0.15) is 0 Å². The second-order valence-corrected chi connectivity index (χ2v) is 6.20. The van der Waals surface area contributed by atoms with Gasteiger partial charge >= 0.3 is 0 Å². The Labute approximate surface area is 149 Å². The number of nitrogens with zero attached hydrogens (tertiary/aromatic N) is 1. The molecule has 2 aromatic carbocycles. The smallest absolute Gasteiger partial charge is 0.204 e. The minimum atomic E-state index is 0.625. The number of hydrogen-bond acceptors (Lipinski definition) is 3. The van der Waals surface area contributed by atoms with E-state index in [1.807, 2.05) is 6.07 Å². The Bertz CT molecular complexity index is 842. The van der Waals surface area contributed by atoms with Crippen LogP contribution in [0.2, 0.25) is 0 Å². The molecule has 0 amide bonds. The SMILES string of the molecule is COc1cc(Cn2ccc3ccccc32)c(I)c(OC)c1OC.